The lowest BCUT2D eigenvalue weighted by Crippen LogP contribution is -2.50. The van der Waals surface area contributed by atoms with Crippen LogP contribution >= 0.6 is 35.0 Å². The molecule has 0 aliphatic carbocycles. The average Bonchev–Trinajstić information content (AvgIpc) is 2.90. The zero-order valence-electron chi connectivity index (χ0n) is 21.4. The molecule has 7 heteroatoms. The molecule has 3 aromatic rings. The Bertz CT molecular complexity index is 1160. The van der Waals surface area contributed by atoms with Crippen molar-refractivity contribution >= 4 is 46.8 Å². The number of hydrogen-bond donors (Lipinski definition) is 1. The molecule has 0 bridgehead atoms. The molecule has 0 spiro atoms. The van der Waals surface area contributed by atoms with E-state index in [1.54, 1.807) is 28.8 Å². The zero-order valence-corrected chi connectivity index (χ0v) is 23.7. The monoisotopic (exact) mass is 556 g/mol. The molecule has 0 saturated heterocycles. The second kappa shape index (κ2) is 15.1. The van der Waals surface area contributed by atoms with Gasteiger partial charge in [-0.05, 0) is 48.7 Å². The molecule has 0 aliphatic rings. The summed E-state index contributed by atoms with van der Waals surface area (Å²) < 4.78 is 0. The first kappa shape index (κ1) is 29.1. The molecule has 0 aromatic heterocycles. The summed E-state index contributed by atoms with van der Waals surface area (Å²) in [6.07, 6.45) is 2.61. The van der Waals surface area contributed by atoms with Crippen LogP contribution in [-0.2, 0) is 22.6 Å². The molecule has 196 valence electrons. The fourth-order valence-corrected chi connectivity index (χ4v) is 5.09. The van der Waals surface area contributed by atoms with Crippen LogP contribution in [0, 0.1) is 6.92 Å². The Morgan fingerprint density at radius 1 is 0.946 bits per heavy atom. The number of hydrogen-bond acceptors (Lipinski definition) is 3. The molecule has 0 heterocycles. The van der Waals surface area contributed by atoms with Gasteiger partial charge in [-0.1, -0.05) is 90.6 Å². The van der Waals surface area contributed by atoms with Gasteiger partial charge in [0.25, 0.3) is 0 Å². The quantitative estimate of drug-likeness (QED) is 0.177. The SMILES string of the molecule is CCCCNC(=O)C(Cc1ccccc1)N(Cc1ccc(Cl)c(Cl)c1)C(=O)CCSc1ccc(C)cc1. The average molecular weight is 558 g/mol. The number of aryl methyl sites for hydroxylation is 1. The van der Waals surface area contributed by atoms with E-state index < -0.39 is 6.04 Å². The number of amides is 2. The Kier molecular flexibility index (Phi) is 11.8. The molecule has 0 fully saturated rings. The highest BCUT2D eigenvalue weighted by atomic mass is 35.5. The van der Waals surface area contributed by atoms with Crippen molar-refractivity contribution in [2.24, 2.45) is 0 Å². The minimum absolute atomic E-state index is 0.0720. The minimum Gasteiger partial charge on any atom is -0.354 e. The van der Waals surface area contributed by atoms with Crippen LogP contribution in [0.1, 0.15) is 42.9 Å². The molecule has 37 heavy (non-hydrogen) atoms. The number of carbonyl (C=O) groups is 2. The fourth-order valence-electron chi connectivity index (χ4n) is 3.93. The highest BCUT2D eigenvalue weighted by molar-refractivity contribution is 7.99. The van der Waals surface area contributed by atoms with Crippen LogP contribution in [0.5, 0.6) is 0 Å². The summed E-state index contributed by atoms with van der Waals surface area (Å²) in [4.78, 5) is 29.9. The van der Waals surface area contributed by atoms with Gasteiger partial charge in [-0.3, -0.25) is 9.59 Å². The molecule has 3 aromatic carbocycles. The molecule has 0 aliphatic heterocycles. The van der Waals surface area contributed by atoms with Crippen LogP contribution in [0.3, 0.4) is 0 Å². The van der Waals surface area contributed by atoms with Crippen molar-refractivity contribution in [2.45, 2.75) is 57.0 Å². The van der Waals surface area contributed by atoms with Gasteiger partial charge in [0.2, 0.25) is 11.8 Å². The van der Waals surface area contributed by atoms with E-state index in [4.69, 9.17) is 23.2 Å². The maximum Gasteiger partial charge on any atom is 0.243 e. The molecule has 1 unspecified atom stereocenters. The first-order valence-electron chi connectivity index (χ1n) is 12.6. The van der Waals surface area contributed by atoms with Gasteiger partial charge < -0.3 is 10.2 Å². The molecule has 1 atom stereocenters. The van der Waals surface area contributed by atoms with Gasteiger partial charge in [0.05, 0.1) is 10.0 Å². The van der Waals surface area contributed by atoms with Crippen LogP contribution in [0.2, 0.25) is 10.0 Å². The summed E-state index contributed by atoms with van der Waals surface area (Å²) in [5.74, 6) is 0.407. The number of halogens is 2. The van der Waals surface area contributed by atoms with Crippen molar-refractivity contribution in [2.75, 3.05) is 12.3 Å². The number of nitrogens with zero attached hydrogens (tertiary/aromatic N) is 1. The largest absolute Gasteiger partial charge is 0.354 e. The van der Waals surface area contributed by atoms with Crippen molar-refractivity contribution in [3.63, 3.8) is 0 Å². The summed E-state index contributed by atoms with van der Waals surface area (Å²) in [7, 11) is 0. The summed E-state index contributed by atoms with van der Waals surface area (Å²) in [6, 6.07) is 22.8. The maximum absolute atomic E-state index is 13.7. The minimum atomic E-state index is -0.648. The van der Waals surface area contributed by atoms with E-state index in [-0.39, 0.29) is 18.4 Å². The molecule has 0 saturated carbocycles. The standard InChI is InChI=1S/C30H34Cl2N2O2S/c1-3-4-17-33-30(36)28(20-23-8-6-5-7-9-23)34(21-24-12-15-26(31)27(32)19-24)29(35)16-18-37-25-13-10-22(2)11-14-25/h5-15,19,28H,3-4,16-18,20-21H2,1-2H3,(H,33,36). The van der Waals surface area contributed by atoms with Crippen molar-refractivity contribution in [3.8, 4) is 0 Å². The van der Waals surface area contributed by atoms with Crippen molar-refractivity contribution in [1.29, 1.82) is 0 Å². The summed E-state index contributed by atoms with van der Waals surface area (Å²) in [5, 5.41) is 3.93. The Morgan fingerprint density at radius 2 is 1.68 bits per heavy atom. The van der Waals surface area contributed by atoms with E-state index in [9.17, 15) is 9.59 Å². The zero-order chi connectivity index (χ0) is 26.6. The fraction of sp³-hybridized carbons (Fsp3) is 0.333. The second-order valence-electron chi connectivity index (χ2n) is 9.03. The third-order valence-corrected chi connectivity index (χ3v) is 7.80. The first-order valence-corrected chi connectivity index (χ1v) is 14.4. The predicted molar refractivity (Wildman–Crippen MR) is 155 cm³/mol. The summed E-state index contributed by atoms with van der Waals surface area (Å²) in [6.45, 7) is 4.99. The van der Waals surface area contributed by atoms with Gasteiger partial charge in [0.1, 0.15) is 6.04 Å². The van der Waals surface area contributed by atoms with Crippen LogP contribution in [0.4, 0.5) is 0 Å². The molecular formula is C30H34Cl2N2O2S. The van der Waals surface area contributed by atoms with Crippen molar-refractivity contribution in [3.05, 3.63) is 99.5 Å². The van der Waals surface area contributed by atoms with Gasteiger partial charge in [-0.25, -0.2) is 0 Å². The van der Waals surface area contributed by atoms with Gasteiger partial charge in [-0.2, -0.15) is 0 Å². The first-order chi connectivity index (χ1) is 17.9. The Morgan fingerprint density at radius 3 is 2.35 bits per heavy atom. The van der Waals surface area contributed by atoms with Crippen LogP contribution in [0.15, 0.2) is 77.7 Å². The normalized spacial score (nSPS) is 11.7. The van der Waals surface area contributed by atoms with Crippen LogP contribution in [-0.4, -0.2) is 35.1 Å². The maximum atomic E-state index is 13.7. The smallest absolute Gasteiger partial charge is 0.243 e. The lowest BCUT2D eigenvalue weighted by Gasteiger charge is -2.31. The number of rotatable bonds is 13. The van der Waals surface area contributed by atoms with E-state index in [0.29, 0.717) is 35.2 Å². The third-order valence-electron chi connectivity index (χ3n) is 6.04. The van der Waals surface area contributed by atoms with Crippen LogP contribution < -0.4 is 5.32 Å². The van der Waals surface area contributed by atoms with Gasteiger partial charge in [0, 0.05) is 36.6 Å². The van der Waals surface area contributed by atoms with Crippen LogP contribution in [0.25, 0.3) is 0 Å². The molecule has 3 rings (SSSR count). The van der Waals surface area contributed by atoms with E-state index >= 15 is 0 Å². The number of nitrogens with one attached hydrogen (secondary N) is 1. The Hall–Kier alpha value is -2.47. The van der Waals surface area contributed by atoms with E-state index in [1.807, 2.05) is 36.4 Å². The van der Waals surface area contributed by atoms with Crippen molar-refractivity contribution in [1.82, 2.24) is 10.2 Å². The molecule has 2 amide bonds. The summed E-state index contributed by atoms with van der Waals surface area (Å²) >= 11 is 14.0. The molecular weight excluding hydrogens is 523 g/mol. The molecule has 1 N–H and O–H groups in total. The lowest BCUT2D eigenvalue weighted by atomic mass is 10.0. The molecule has 4 nitrogen and oxygen atoms in total. The van der Waals surface area contributed by atoms with Crippen molar-refractivity contribution < 1.29 is 9.59 Å². The van der Waals surface area contributed by atoms with E-state index in [1.165, 1.54) is 5.56 Å². The number of thioether (sulfide) groups is 1. The number of carbonyl (C=O) groups excluding carboxylic acids is 2. The van der Waals surface area contributed by atoms with Gasteiger partial charge in [0.15, 0.2) is 0 Å². The predicted octanol–water partition coefficient (Wildman–Crippen LogP) is 7.34. The lowest BCUT2D eigenvalue weighted by molar-refractivity contribution is -0.141. The number of unbranched alkanes of at least 4 members (excludes halogenated alkanes) is 1. The van der Waals surface area contributed by atoms with Gasteiger partial charge >= 0.3 is 0 Å². The second-order valence-corrected chi connectivity index (χ2v) is 11.0. The topological polar surface area (TPSA) is 49.4 Å². The molecule has 0 radical (unpaired) electrons. The highest BCUT2D eigenvalue weighted by Gasteiger charge is 2.30. The van der Waals surface area contributed by atoms with E-state index in [2.05, 4.69) is 43.4 Å². The van der Waals surface area contributed by atoms with E-state index in [0.717, 1.165) is 28.9 Å². The third kappa shape index (κ3) is 9.41. The highest BCUT2D eigenvalue weighted by Crippen LogP contribution is 2.25. The Balaban J connectivity index is 1.84. The summed E-state index contributed by atoms with van der Waals surface area (Å²) in [5.41, 5.74) is 3.03. The van der Waals surface area contributed by atoms with Gasteiger partial charge in [-0.15, -0.1) is 11.8 Å². The Labute approximate surface area is 234 Å². The number of benzene rings is 3.